The zero-order valence-electron chi connectivity index (χ0n) is 28.9. The molecule has 49 heavy (non-hydrogen) atoms. The lowest BCUT2D eigenvalue weighted by atomic mass is 9.86. The molecular weight excluding hydrogens is 639 g/mol. The van der Waals surface area contributed by atoms with Gasteiger partial charge in [0.05, 0.1) is 41.8 Å². The van der Waals surface area contributed by atoms with Crippen molar-refractivity contribution in [2.24, 2.45) is 5.41 Å². The van der Waals surface area contributed by atoms with Gasteiger partial charge in [0.25, 0.3) is 15.9 Å². The predicted molar refractivity (Wildman–Crippen MR) is 192 cm³/mol. The fourth-order valence-electron chi connectivity index (χ4n) is 6.52. The highest BCUT2D eigenvalue weighted by atomic mass is 32.2. The van der Waals surface area contributed by atoms with Crippen LogP contribution in [0, 0.1) is 19.3 Å². The summed E-state index contributed by atoms with van der Waals surface area (Å²) < 4.78 is 36.2. The van der Waals surface area contributed by atoms with Crippen LogP contribution in [-0.2, 0) is 16.6 Å². The Morgan fingerprint density at radius 1 is 1.00 bits per heavy atom. The van der Waals surface area contributed by atoms with Crippen LogP contribution in [0.15, 0.2) is 65.8 Å². The molecule has 4 aromatic rings. The standard InChI is InChI=1S/C37H45N7O4S.H2/c1-25-11-8-12-26(2)34(25)31-20-33-41-36(40-31)42-49(46,47)30-16-9-13-27(19-30)35(45)44(24-37(3,4)17-6-7-18-48-33)23-28-21-38-22-32(39-28)43(5)29-14-10-15-29;/h8-9,11-13,16,19-22,29H,6-7,10,14-15,17-18,23-24H2,1-5H3,(H,40,41,42);1H. The van der Waals surface area contributed by atoms with Crippen LogP contribution in [0.4, 0.5) is 11.8 Å². The fraction of sp³-hybridized carbons (Fsp3) is 0.432. The SMILES string of the molecule is Cc1cccc(C)c1-c1cc2nc(n1)NS(=O)(=O)c1cccc(c1)C(=O)N(Cc1cncc(N(C)C3CCC3)n1)CC(C)(C)CCCCO2.[HH]. The van der Waals surface area contributed by atoms with Crippen LogP contribution in [0.5, 0.6) is 5.88 Å². The van der Waals surface area contributed by atoms with Crippen LogP contribution in [0.25, 0.3) is 11.3 Å². The molecule has 3 heterocycles. The molecule has 1 saturated carbocycles. The number of anilines is 2. The third-order valence-corrected chi connectivity index (χ3v) is 10.8. The summed E-state index contributed by atoms with van der Waals surface area (Å²) in [5.74, 6) is 0.678. The number of carbonyl (C=O) groups excluding carboxylic acids is 1. The first kappa shape index (κ1) is 34.3. The van der Waals surface area contributed by atoms with Crippen LogP contribution in [0.2, 0.25) is 0 Å². The van der Waals surface area contributed by atoms with E-state index in [1.165, 1.54) is 18.6 Å². The molecule has 4 bridgehead atoms. The van der Waals surface area contributed by atoms with Crippen molar-refractivity contribution in [3.05, 3.63) is 83.3 Å². The Hall–Kier alpha value is -4.58. The highest BCUT2D eigenvalue weighted by molar-refractivity contribution is 7.92. The van der Waals surface area contributed by atoms with E-state index in [0.717, 1.165) is 54.6 Å². The van der Waals surface area contributed by atoms with Gasteiger partial charge in [0.2, 0.25) is 11.8 Å². The Kier molecular flexibility index (Phi) is 9.87. The summed E-state index contributed by atoms with van der Waals surface area (Å²) >= 11 is 0. The topological polar surface area (TPSA) is 131 Å². The van der Waals surface area contributed by atoms with Crippen molar-refractivity contribution in [1.29, 1.82) is 0 Å². The minimum Gasteiger partial charge on any atom is -0.478 e. The molecule has 1 aliphatic carbocycles. The molecule has 0 spiro atoms. The van der Waals surface area contributed by atoms with E-state index >= 15 is 0 Å². The summed E-state index contributed by atoms with van der Waals surface area (Å²) in [5.41, 5.74) is 4.13. The van der Waals surface area contributed by atoms with E-state index in [-0.39, 0.29) is 41.6 Å². The number of fused-ring (bicyclic) bond motifs is 4. The third-order valence-electron chi connectivity index (χ3n) is 9.47. The first-order valence-corrected chi connectivity index (χ1v) is 18.4. The maximum absolute atomic E-state index is 14.3. The van der Waals surface area contributed by atoms with Crippen LogP contribution in [0.1, 0.15) is 81.0 Å². The number of ether oxygens (including phenoxy) is 1. The molecule has 2 aromatic carbocycles. The molecule has 1 N–H and O–H groups in total. The van der Waals surface area contributed by atoms with Crippen LogP contribution in [-0.4, -0.2) is 65.4 Å². The number of benzene rings is 2. The average Bonchev–Trinajstić information content (AvgIpc) is 3.02. The molecule has 2 aliphatic rings. The number of aryl methyl sites for hydroxylation is 2. The van der Waals surface area contributed by atoms with Gasteiger partial charge in [-0.3, -0.25) is 9.78 Å². The number of rotatable bonds is 5. The number of hydrogen-bond donors (Lipinski definition) is 1. The van der Waals surface area contributed by atoms with Gasteiger partial charge in [0.15, 0.2) is 0 Å². The van der Waals surface area contributed by atoms with Gasteiger partial charge in [-0.2, -0.15) is 4.98 Å². The number of carbonyl (C=O) groups is 1. The minimum atomic E-state index is -4.18. The molecule has 0 unspecified atom stereocenters. The fourth-order valence-corrected chi connectivity index (χ4v) is 7.51. The van der Waals surface area contributed by atoms with Crippen LogP contribution >= 0.6 is 0 Å². The van der Waals surface area contributed by atoms with Gasteiger partial charge < -0.3 is 14.5 Å². The highest BCUT2D eigenvalue weighted by Gasteiger charge is 2.29. The van der Waals surface area contributed by atoms with E-state index in [2.05, 4.69) is 38.4 Å². The van der Waals surface area contributed by atoms with Crippen molar-refractivity contribution in [3.63, 3.8) is 0 Å². The number of amides is 1. The van der Waals surface area contributed by atoms with Crippen molar-refractivity contribution in [3.8, 4) is 17.1 Å². The van der Waals surface area contributed by atoms with Gasteiger partial charge >= 0.3 is 0 Å². The maximum Gasteiger partial charge on any atom is 0.264 e. The number of hydrogen-bond acceptors (Lipinski definition) is 9. The van der Waals surface area contributed by atoms with Gasteiger partial charge in [-0.05, 0) is 87.1 Å². The lowest BCUT2D eigenvalue weighted by molar-refractivity contribution is 0.0652. The second-order valence-electron chi connectivity index (χ2n) is 14.0. The predicted octanol–water partition coefficient (Wildman–Crippen LogP) is 6.82. The first-order valence-electron chi connectivity index (χ1n) is 16.9. The summed E-state index contributed by atoms with van der Waals surface area (Å²) in [5, 5.41) is 0. The van der Waals surface area contributed by atoms with Crippen molar-refractivity contribution in [2.45, 2.75) is 83.7 Å². The quantitative estimate of drug-likeness (QED) is 0.241. The van der Waals surface area contributed by atoms with Crippen molar-refractivity contribution in [1.82, 2.24) is 24.8 Å². The Morgan fingerprint density at radius 2 is 1.76 bits per heavy atom. The Labute approximate surface area is 290 Å². The molecule has 1 amide bonds. The van der Waals surface area contributed by atoms with Gasteiger partial charge in [-0.25, -0.2) is 23.1 Å². The van der Waals surface area contributed by atoms with E-state index in [0.29, 0.717) is 30.6 Å². The van der Waals surface area contributed by atoms with Gasteiger partial charge in [-0.1, -0.05) is 38.1 Å². The summed E-state index contributed by atoms with van der Waals surface area (Å²) in [7, 11) is -2.14. The smallest absolute Gasteiger partial charge is 0.264 e. The summed E-state index contributed by atoms with van der Waals surface area (Å²) in [4.78, 5) is 36.5. The Bertz CT molecular complexity index is 1930. The molecule has 2 aromatic heterocycles. The highest BCUT2D eigenvalue weighted by Crippen LogP contribution is 2.31. The number of nitrogens with zero attached hydrogens (tertiary/aromatic N) is 6. The zero-order chi connectivity index (χ0) is 34.8. The van der Waals surface area contributed by atoms with Crippen molar-refractivity contribution < 1.29 is 19.4 Å². The molecule has 260 valence electrons. The van der Waals surface area contributed by atoms with Gasteiger partial charge in [0, 0.05) is 38.3 Å². The molecule has 6 rings (SSSR count). The second kappa shape index (κ2) is 14.1. The summed E-state index contributed by atoms with van der Waals surface area (Å²) in [6.07, 6.45) is 9.39. The van der Waals surface area contributed by atoms with Crippen LogP contribution in [0.3, 0.4) is 0 Å². The lowest BCUT2D eigenvalue weighted by Crippen LogP contribution is -2.39. The monoisotopic (exact) mass is 685 g/mol. The number of sulfonamides is 1. The molecular formula is C37H47N7O4S. The van der Waals surface area contributed by atoms with E-state index in [9.17, 15) is 13.2 Å². The molecule has 1 aliphatic heterocycles. The average molecular weight is 686 g/mol. The summed E-state index contributed by atoms with van der Waals surface area (Å²) in [6, 6.07) is 14.2. The zero-order valence-corrected chi connectivity index (χ0v) is 29.8. The summed E-state index contributed by atoms with van der Waals surface area (Å²) in [6.45, 7) is 9.34. The van der Waals surface area contributed by atoms with E-state index in [4.69, 9.17) is 9.72 Å². The van der Waals surface area contributed by atoms with Gasteiger partial charge in [-0.15, -0.1) is 0 Å². The number of nitrogens with one attached hydrogen (secondary N) is 1. The molecule has 12 heteroatoms. The molecule has 0 radical (unpaired) electrons. The third kappa shape index (κ3) is 8.01. The molecule has 1 fully saturated rings. The van der Waals surface area contributed by atoms with Crippen molar-refractivity contribution >= 4 is 27.7 Å². The van der Waals surface area contributed by atoms with Gasteiger partial charge in [0.1, 0.15) is 5.82 Å². The number of aromatic nitrogens is 4. The first-order chi connectivity index (χ1) is 23.4. The minimum absolute atomic E-state index is 0. The largest absolute Gasteiger partial charge is 0.478 e. The normalized spacial score (nSPS) is 18.1. The lowest BCUT2D eigenvalue weighted by Gasteiger charge is -2.36. The Balaban J connectivity index is 0.00000486. The van der Waals surface area contributed by atoms with E-state index < -0.39 is 10.0 Å². The maximum atomic E-state index is 14.3. The molecule has 0 atom stereocenters. The van der Waals surface area contributed by atoms with Crippen LogP contribution < -0.4 is 14.4 Å². The van der Waals surface area contributed by atoms with E-state index in [1.54, 1.807) is 35.5 Å². The molecule has 11 nitrogen and oxygen atoms in total. The Morgan fingerprint density at radius 3 is 2.49 bits per heavy atom. The van der Waals surface area contributed by atoms with Crippen molar-refractivity contribution in [2.75, 3.05) is 29.8 Å². The molecule has 0 saturated heterocycles. The van der Waals surface area contributed by atoms with E-state index in [1.807, 2.05) is 39.1 Å². The second-order valence-corrected chi connectivity index (χ2v) is 15.7.